The van der Waals surface area contributed by atoms with Gasteiger partial charge in [0.05, 0.1) is 0 Å². The zero-order chi connectivity index (χ0) is 12.2. The maximum atomic E-state index is 12.8. The standard InChI is InChI=1S/C11H19F4N/c12-10(11(13,14)15)7-9-3-1-8(2-4-9)5-6-16/h8-10H,1-7,16H2. The van der Waals surface area contributed by atoms with Crippen LogP contribution in [-0.4, -0.2) is 18.9 Å². The summed E-state index contributed by atoms with van der Waals surface area (Å²) in [5.74, 6) is 0.427. The Balaban J connectivity index is 2.27. The lowest BCUT2D eigenvalue weighted by molar-refractivity contribution is -0.185. The van der Waals surface area contributed by atoms with Crippen LogP contribution in [-0.2, 0) is 0 Å². The first-order chi connectivity index (χ1) is 7.43. The highest BCUT2D eigenvalue weighted by molar-refractivity contribution is 4.77. The summed E-state index contributed by atoms with van der Waals surface area (Å²) in [5, 5.41) is 0. The minimum absolute atomic E-state index is 0.106. The quantitative estimate of drug-likeness (QED) is 0.750. The predicted molar refractivity (Wildman–Crippen MR) is 54.7 cm³/mol. The van der Waals surface area contributed by atoms with E-state index >= 15 is 0 Å². The molecule has 0 bridgehead atoms. The van der Waals surface area contributed by atoms with Crippen LogP contribution in [0.4, 0.5) is 17.6 Å². The Bertz CT molecular complexity index is 197. The third-order valence-electron chi connectivity index (χ3n) is 3.44. The first-order valence-electron chi connectivity index (χ1n) is 5.84. The molecule has 0 saturated heterocycles. The van der Waals surface area contributed by atoms with Gasteiger partial charge in [-0.2, -0.15) is 13.2 Å². The third kappa shape index (κ3) is 4.28. The molecule has 0 aliphatic heterocycles. The lowest BCUT2D eigenvalue weighted by Crippen LogP contribution is -2.28. The molecule has 1 fully saturated rings. The summed E-state index contributed by atoms with van der Waals surface area (Å²) in [4.78, 5) is 0. The van der Waals surface area contributed by atoms with Crippen LogP contribution in [0.15, 0.2) is 0 Å². The Hall–Kier alpha value is -0.320. The molecule has 1 saturated carbocycles. The van der Waals surface area contributed by atoms with Crippen LogP contribution in [0.3, 0.4) is 0 Å². The van der Waals surface area contributed by atoms with Crippen molar-refractivity contribution in [2.75, 3.05) is 6.54 Å². The number of alkyl halides is 4. The molecular weight excluding hydrogens is 222 g/mol. The largest absolute Gasteiger partial charge is 0.419 e. The van der Waals surface area contributed by atoms with Gasteiger partial charge in [0.15, 0.2) is 6.17 Å². The summed E-state index contributed by atoms with van der Waals surface area (Å²) in [7, 11) is 0. The van der Waals surface area contributed by atoms with E-state index in [0.717, 1.165) is 19.3 Å². The van der Waals surface area contributed by atoms with Crippen molar-refractivity contribution in [3.8, 4) is 0 Å². The highest BCUT2D eigenvalue weighted by atomic mass is 19.4. The Morgan fingerprint density at radius 3 is 2.00 bits per heavy atom. The van der Waals surface area contributed by atoms with Crippen LogP contribution in [0.2, 0.25) is 0 Å². The van der Waals surface area contributed by atoms with Crippen LogP contribution in [0.25, 0.3) is 0 Å². The van der Waals surface area contributed by atoms with Crippen LogP contribution < -0.4 is 5.73 Å². The van der Waals surface area contributed by atoms with Gasteiger partial charge in [0.1, 0.15) is 0 Å². The second-order valence-electron chi connectivity index (χ2n) is 4.71. The molecule has 0 amide bonds. The van der Waals surface area contributed by atoms with E-state index in [4.69, 9.17) is 5.73 Å². The molecule has 0 heterocycles. The molecule has 2 N–H and O–H groups in total. The summed E-state index contributed by atoms with van der Waals surface area (Å²) < 4.78 is 48.8. The van der Waals surface area contributed by atoms with Gasteiger partial charge in [-0.3, -0.25) is 0 Å². The van der Waals surface area contributed by atoms with E-state index in [1.807, 2.05) is 0 Å². The van der Waals surface area contributed by atoms with Crippen molar-refractivity contribution in [3.05, 3.63) is 0 Å². The average Bonchev–Trinajstić information content (AvgIpc) is 2.20. The number of nitrogens with two attached hydrogens (primary N) is 1. The van der Waals surface area contributed by atoms with Crippen molar-refractivity contribution < 1.29 is 17.6 Å². The Kier molecular flexibility index (Phi) is 5.02. The van der Waals surface area contributed by atoms with E-state index in [9.17, 15) is 17.6 Å². The lowest BCUT2D eigenvalue weighted by Gasteiger charge is -2.29. The monoisotopic (exact) mass is 241 g/mol. The molecule has 1 atom stereocenters. The van der Waals surface area contributed by atoms with Gasteiger partial charge in [0.25, 0.3) is 0 Å². The molecule has 0 aromatic heterocycles. The van der Waals surface area contributed by atoms with Crippen LogP contribution in [0, 0.1) is 11.8 Å². The highest BCUT2D eigenvalue weighted by Gasteiger charge is 2.41. The van der Waals surface area contributed by atoms with Gasteiger partial charge >= 0.3 is 6.18 Å². The first-order valence-corrected chi connectivity index (χ1v) is 5.84. The van der Waals surface area contributed by atoms with E-state index in [1.54, 1.807) is 0 Å². The SMILES string of the molecule is NCCC1CCC(CC(F)C(F)(F)F)CC1. The molecule has 1 unspecified atom stereocenters. The fraction of sp³-hybridized carbons (Fsp3) is 1.00. The molecule has 0 spiro atoms. The zero-order valence-electron chi connectivity index (χ0n) is 9.27. The molecule has 16 heavy (non-hydrogen) atoms. The average molecular weight is 241 g/mol. The molecule has 96 valence electrons. The van der Waals surface area contributed by atoms with Crippen molar-refractivity contribution in [3.63, 3.8) is 0 Å². The normalized spacial score (nSPS) is 29.1. The van der Waals surface area contributed by atoms with E-state index in [2.05, 4.69) is 0 Å². The highest BCUT2D eigenvalue weighted by Crippen LogP contribution is 2.36. The minimum Gasteiger partial charge on any atom is -0.330 e. The smallest absolute Gasteiger partial charge is 0.330 e. The van der Waals surface area contributed by atoms with E-state index < -0.39 is 12.3 Å². The van der Waals surface area contributed by atoms with Gasteiger partial charge in [-0.25, -0.2) is 4.39 Å². The fourth-order valence-electron chi connectivity index (χ4n) is 2.42. The Morgan fingerprint density at radius 2 is 1.56 bits per heavy atom. The predicted octanol–water partition coefficient (Wildman–Crippen LogP) is 3.43. The number of hydrogen-bond donors (Lipinski definition) is 1. The number of halogens is 4. The summed E-state index contributed by atoms with van der Waals surface area (Å²) >= 11 is 0. The minimum atomic E-state index is -4.69. The number of hydrogen-bond acceptors (Lipinski definition) is 1. The van der Waals surface area contributed by atoms with Crippen LogP contribution >= 0.6 is 0 Å². The van der Waals surface area contributed by atoms with Crippen LogP contribution in [0.5, 0.6) is 0 Å². The maximum absolute atomic E-state index is 12.8. The van der Waals surface area contributed by atoms with Crippen molar-refractivity contribution in [1.82, 2.24) is 0 Å². The van der Waals surface area contributed by atoms with Crippen molar-refractivity contribution in [2.45, 2.75) is 50.9 Å². The Morgan fingerprint density at radius 1 is 1.06 bits per heavy atom. The summed E-state index contributed by atoms with van der Waals surface area (Å²) in [6, 6.07) is 0. The molecule has 0 aromatic rings. The molecule has 5 heteroatoms. The molecule has 0 radical (unpaired) electrons. The van der Waals surface area contributed by atoms with Gasteiger partial charge in [-0.05, 0) is 31.2 Å². The lowest BCUT2D eigenvalue weighted by atomic mass is 9.78. The van der Waals surface area contributed by atoms with Crippen molar-refractivity contribution in [2.24, 2.45) is 17.6 Å². The molecule has 1 aliphatic carbocycles. The summed E-state index contributed by atoms with van der Waals surface area (Å²) in [6.07, 6.45) is -3.55. The van der Waals surface area contributed by atoms with Gasteiger partial charge in [0.2, 0.25) is 0 Å². The summed E-state index contributed by atoms with van der Waals surface area (Å²) in [6.45, 7) is 0.629. The molecule has 1 rings (SSSR count). The van der Waals surface area contributed by atoms with Gasteiger partial charge in [-0.15, -0.1) is 0 Å². The molecule has 1 nitrogen and oxygen atoms in total. The molecule has 1 aliphatic rings. The van der Waals surface area contributed by atoms with Gasteiger partial charge in [-0.1, -0.05) is 25.7 Å². The molecule has 0 aromatic carbocycles. The number of rotatable bonds is 4. The summed E-state index contributed by atoms with van der Waals surface area (Å²) in [5.41, 5.74) is 5.42. The fourth-order valence-corrected chi connectivity index (χ4v) is 2.42. The van der Waals surface area contributed by atoms with Crippen molar-refractivity contribution in [1.29, 1.82) is 0 Å². The first kappa shape index (κ1) is 13.7. The zero-order valence-corrected chi connectivity index (χ0v) is 9.27. The van der Waals surface area contributed by atoms with Crippen LogP contribution in [0.1, 0.15) is 38.5 Å². The third-order valence-corrected chi connectivity index (χ3v) is 3.44. The molecular formula is C11H19F4N. The van der Waals surface area contributed by atoms with E-state index in [0.29, 0.717) is 25.3 Å². The van der Waals surface area contributed by atoms with E-state index in [1.165, 1.54) is 0 Å². The second kappa shape index (κ2) is 5.84. The Labute approximate surface area is 93.4 Å². The maximum Gasteiger partial charge on any atom is 0.419 e. The van der Waals surface area contributed by atoms with Gasteiger partial charge in [0, 0.05) is 0 Å². The van der Waals surface area contributed by atoms with E-state index in [-0.39, 0.29) is 12.3 Å². The van der Waals surface area contributed by atoms with Gasteiger partial charge < -0.3 is 5.73 Å². The second-order valence-corrected chi connectivity index (χ2v) is 4.71. The van der Waals surface area contributed by atoms with Crippen molar-refractivity contribution >= 4 is 0 Å². The topological polar surface area (TPSA) is 26.0 Å².